The van der Waals surface area contributed by atoms with E-state index in [1.807, 2.05) is 23.7 Å². The fourth-order valence-corrected chi connectivity index (χ4v) is 7.12. The van der Waals surface area contributed by atoms with Crippen molar-refractivity contribution >= 4 is 53.1 Å². The first-order chi connectivity index (χ1) is 18.0. The van der Waals surface area contributed by atoms with E-state index in [1.54, 1.807) is 0 Å². The van der Waals surface area contributed by atoms with Gasteiger partial charge in [-0.05, 0) is 61.7 Å². The average molecular weight is 495 g/mol. The minimum Gasteiger partial charge on any atom is -0.256 e. The highest BCUT2D eigenvalue weighted by molar-refractivity contribution is 7.26. The first-order valence-corrected chi connectivity index (χ1v) is 13.5. The Balaban J connectivity index is 1.45. The van der Waals surface area contributed by atoms with Gasteiger partial charge in [0, 0.05) is 54.5 Å². The smallest absolute Gasteiger partial charge is 0.0722 e. The summed E-state index contributed by atoms with van der Waals surface area (Å²) >= 11 is 1.85. The van der Waals surface area contributed by atoms with Crippen molar-refractivity contribution in [2.24, 2.45) is 0 Å². The van der Waals surface area contributed by atoms with Crippen molar-refractivity contribution in [2.45, 2.75) is 27.7 Å². The molecule has 0 radical (unpaired) electrons. The van der Waals surface area contributed by atoms with Crippen molar-refractivity contribution in [1.82, 2.24) is 9.97 Å². The monoisotopic (exact) mass is 494 g/mol. The number of hydrogen-bond donors (Lipinski definition) is 0. The maximum absolute atomic E-state index is 4.91. The molecule has 0 atom stereocenters. The molecule has 7 aromatic rings. The van der Waals surface area contributed by atoms with E-state index >= 15 is 0 Å². The molecule has 4 aromatic carbocycles. The molecule has 0 aliphatic carbocycles. The molecular formula is C34H26N2S. The molecule has 7 rings (SSSR count). The lowest BCUT2D eigenvalue weighted by molar-refractivity contribution is 1.34. The topological polar surface area (TPSA) is 25.8 Å². The number of benzene rings is 4. The molecule has 0 spiro atoms. The molecule has 2 nitrogen and oxygen atoms in total. The Bertz CT molecular complexity index is 1890. The summed E-state index contributed by atoms with van der Waals surface area (Å²) in [6, 6.07) is 26.6. The van der Waals surface area contributed by atoms with Gasteiger partial charge in [0.1, 0.15) is 0 Å². The second-order valence-electron chi connectivity index (χ2n) is 10.2. The van der Waals surface area contributed by atoms with E-state index in [2.05, 4.69) is 100 Å². The van der Waals surface area contributed by atoms with Gasteiger partial charge in [-0.15, -0.1) is 11.3 Å². The van der Waals surface area contributed by atoms with Gasteiger partial charge in [-0.1, -0.05) is 71.8 Å². The highest BCUT2D eigenvalue weighted by Crippen LogP contribution is 2.43. The molecule has 37 heavy (non-hydrogen) atoms. The Labute approximate surface area is 220 Å². The zero-order chi connectivity index (χ0) is 25.3. The van der Waals surface area contributed by atoms with Gasteiger partial charge in [-0.25, -0.2) is 0 Å². The van der Waals surface area contributed by atoms with Crippen molar-refractivity contribution < 1.29 is 0 Å². The Hall–Kier alpha value is -4.08. The van der Waals surface area contributed by atoms with Crippen LogP contribution in [0.3, 0.4) is 0 Å². The third-order valence-electron chi connectivity index (χ3n) is 7.45. The number of hydrogen-bond acceptors (Lipinski definition) is 3. The number of thiophene rings is 1. The Kier molecular flexibility index (Phi) is 4.92. The summed E-state index contributed by atoms with van der Waals surface area (Å²) in [6.45, 7) is 8.64. The van der Waals surface area contributed by atoms with Crippen LogP contribution in [-0.4, -0.2) is 9.97 Å². The molecule has 3 heterocycles. The summed E-state index contributed by atoms with van der Waals surface area (Å²) in [4.78, 5) is 9.83. The van der Waals surface area contributed by atoms with E-state index < -0.39 is 0 Å². The molecule has 3 aromatic heterocycles. The van der Waals surface area contributed by atoms with Gasteiger partial charge in [-0.3, -0.25) is 9.97 Å². The molecule has 0 fully saturated rings. The number of aryl methyl sites for hydroxylation is 4. The summed E-state index contributed by atoms with van der Waals surface area (Å²) in [5.41, 5.74) is 9.50. The summed E-state index contributed by atoms with van der Waals surface area (Å²) in [6.07, 6.45) is 4.06. The lowest BCUT2D eigenvalue weighted by Gasteiger charge is -2.08. The fraction of sp³-hybridized carbons (Fsp3) is 0.118. The zero-order valence-electron chi connectivity index (χ0n) is 21.4. The third-order valence-corrected chi connectivity index (χ3v) is 8.74. The zero-order valence-corrected chi connectivity index (χ0v) is 22.2. The van der Waals surface area contributed by atoms with E-state index in [0.29, 0.717) is 0 Å². The van der Waals surface area contributed by atoms with Crippen LogP contribution < -0.4 is 0 Å². The Morgan fingerprint density at radius 2 is 0.973 bits per heavy atom. The van der Waals surface area contributed by atoms with Crippen LogP contribution in [-0.2, 0) is 0 Å². The molecule has 0 N–H and O–H groups in total. The summed E-state index contributed by atoms with van der Waals surface area (Å²) in [5, 5.41) is 7.46. The van der Waals surface area contributed by atoms with Crippen LogP contribution in [0.15, 0.2) is 85.2 Å². The fourth-order valence-electron chi connectivity index (χ4n) is 5.77. The maximum Gasteiger partial charge on any atom is 0.0722 e. The molecular weight excluding hydrogens is 468 g/mol. The predicted molar refractivity (Wildman–Crippen MR) is 160 cm³/mol. The normalized spacial score (nSPS) is 11.8. The average Bonchev–Trinajstić information content (AvgIpc) is 3.27. The molecule has 0 aliphatic heterocycles. The summed E-state index contributed by atoms with van der Waals surface area (Å²) in [5.74, 6) is 0. The molecule has 0 unspecified atom stereocenters. The van der Waals surface area contributed by atoms with Crippen LogP contribution in [0.5, 0.6) is 0 Å². The van der Waals surface area contributed by atoms with Crippen molar-refractivity contribution in [1.29, 1.82) is 0 Å². The van der Waals surface area contributed by atoms with E-state index in [4.69, 9.17) is 9.97 Å². The second kappa shape index (κ2) is 8.22. The van der Waals surface area contributed by atoms with Gasteiger partial charge in [0.05, 0.1) is 11.4 Å². The molecule has 0 amide bonds. The Morgan fingerprint density at radius 3 is 1.43 bits per heavy atom. The van der Waals surface area contributed by atoms with Crippen molar-refractivity contribution in [3.05, 3.63) is 107 Å². The summed E-state index contributed by atoms with van der Waals surface area (Å²) in [7, 11) is 0. The first kappa shape index (κ1) is 22.1. The van der Waals surface area contributed by atoms with Gasteiger partial charge in [0.25, 0.3) is 0 Å². The van der Waals surface area contributed by atoms with Gasteiger partial charge < -0.3 is 0 Å². The highest BCUT2D eigenvalue weighted by atomic mass is 32.1. The van der Waals surface area contributed by atoms with Crippen LogP contribution in [0.1, 0.15) is 22.3 Å². The van der Waals surface area contributed by atoms with E-state index in [0.717, 1.165) is 11.4 Å². The minimum absolute atomic E-state index is 1.02. The van der Waals surface area contributed by atoms with Crippen LogP contribution in [0.4, 0.5) is 0 Å². The lowest BCUT2D eigenvalue weighted by Crippen LogP contribution is -1.88. The molecule has 178 valence electrons. The second-order valence-corrected chi connectivity index (χ2v) is 11.2. The van der Waals surface area contributed by atoms with Crippen LogP contribution in [0.25, 0.3) is 64.2 Å². The quantitative estimate of drug-likeness (QED) is 0.239. The molecule has 3 heteroatoms. The summed E-state index contributed by atoms with van der Waals surface area (Å²) < 4.78 is 2.54. The molecule has 0 bridgehead atoms. The van der Waals surface area contributed by atoms with Crippen LogP contribution >= 0.6 is 11.3 Å². The number of fused-ring (bicyclic) bond motifs is 5. The van der Waals surface area contributed by atoms with Crippen molar-refractivity contribution in [3.63, 3.8) is 0 Å². The van der Waals surface area contributed by atoms with Gasteiger partial charge in [0.15, 0.2) is 0 Å². The predicted octanol–water partition coefficient (Wildman–Crippen LogP) is 9.72. The van der Waals surface area contributed by atoms with Gasteiger partial charge in [-0.2, -0.15) is 0 Å². The largest absolute Gasteiger partial charge is 0.256 e. The van der Waals surface area contributed by atoms with Gasteiger partial charge >= 0.3 is 0 Å². The third kappa shape index (κ3) is 3.53. The standard InChI is InChI=1S/C34H26N2S/c1-19-11-21(3)29-17-35-31(15-23(29)13-19)27-9-5-7-25-26-8-6-10-28(34(26)37-33(25)27)32-16-24-14-20(2)12-22(4)30(24)18-36-32/h5-18H,1-4H3. The van der Waals surface area contributed by atoms with Crippen molar-refractivity contribution in [2.75, 3.05) is 0 Å². The molecule has 0 aliphatic rings. The number of pyridine rings is 2. The SMILES string of the molecule is Cc1cc(C)c2cnc(-c3cccc4c3sc3c(-c5cc6cc(C)cc(C)c6cn5)cccc34)cc2c1. The number of nitrogens with zero attached hydrogens (tertiary/aromatic N) is 2. The van der Waals surface area contributed by atoms with Crippen molar-refractivity contribution in [3.8, 4) is 22.5 Å². The first-order valence-electron chi connectivity index (χ1n) is 12.7. The van der Waals surface area contributed by atoms with Gasteiger partial charge in [0.2, 0.25) is 0 Å². The maximum atomic E-state index is 4.91. The van der Waals surface area contributed by atoms with Crippen LogP contribution in [0.2, 0.25) is 0 Å². The Morgan fingerprint density at radius 1 is 0.514 bits per heavy atom. The van der Waals surface area contributed by atoms with Crippen LogP contribution in [0, 0.1) is 27.7 Å². The molecule has 0 saturated carbocycles. The number of aromatic nitrogens is 2. The lowest BCUT2D eigenvalue weighted by atomic mass is 10.00. The molecule has 0 saturated heterocycles. The number of rotatable bonds is 2. The van der Waals surface area contributed by atoms with E-state index in [-0.39, 0.29) is 0 Å². The minimum atomic E-state index is 1.02. The highest BCUT2D eigenvalue weighted by Gasteiger charge is 2.16. The van der Waals surface area contributed by atoms with E-state index in [1.165, 1.54) is 75.1 Å². The van der Waals surface area contributed by atoms with E-state index in [9.17, 15) is 0 Å².